The quantitative estimate of drug-likeness (QED) is 0.675. The molecule has 1 saturated carbocycles. The first kappa shape index (κ1) is 14.9. The first-order chi connectivity index (χ1) is 7.88. The maximum Gasteiger partial charge on any atom is 0.100 e. The summed E-state index contributed by atoms with van der Waals surface area (Å²) in [6.07, 6.45) is 1.29. The smallest absolute Gasteiger partial charge is 0.100 e. The van der Waals surface area contributed by atoms with Crippen LogP contribution in [0.25, 0.3) is 0 Å². The molecular weight excluding hydrogens is 220 g/mol. The molecule has 0 bridgehead atoms. The van der Waals surface area contributed by atoms with Crippen molar-refractivity contribution in [3.63, 3.8) is 0 Å². The van der Waals surface area contributed by atoms with Gasteiger partial charge < -0.3 is 20.1 Å². The van der Waals surface area contributed by atoms with Crippen LogP contribution in [-0.4, -0.2) is 46.3 Å². The van der Waals surface area contributed by atoms with E-state index in [1.807, 2.05) is 6.92 Å². The first-order valence-electron chi connectivity index (χ1n) is 6.49. The predicted molar refractivity (Wildman–Crippen MR) is 65.6 cm³/mol. The van der Waals surface area contributed by atoms with E-state index >= 15 is 0 Å². The van der Waals surface area contributed by atoms with Crippen LogP contribution in [0, 0.1) is 11.8 Å². The van der Waals surface area contributed by atoms with Gasteiger partial charge in [-0.3, -0.25) is 0 Å². The largest absolute Gasteiger partial charge is 0.394 e. The van der Waals surface area contributed by atoms with Crippen LogP contribution in [0.4, 0.5) is 0 Å². The first-order valence-corrected chi connectivity index (χ1v) is 6.49. The van der Waals surface area contributed by atoms with Gasteiger partial charge in [0.25, 0.3) is 0 Å². The van der Waals surface area contributed by atoms with E-state index in [1.165, 1.54) is 0 Å². The third-order valence-corrected chi connectivity index (χ3v) is 3.83. The molecule has 4 nitrogen and oxygen atoms in total. The SMILES string of the molecule is CC(C)[C@@H]1CC[C@@](C)(OCC(O)CO)C[C@H]1O. The summed E-state index contributed by atoms with van der Waals surface area (Å²) in [5.41, 5.74) is -0.374. The van der Waals surface area contributed by atoms with E-state index in [0.717, 1.165) is 12.8 Å². The standard InChI is InChI=1S/C13H26O4/c1-9(2)11-4-5-13(3,6-12(11)16)17-8-10(15)7-14/h9-12,14-16H,4-8H2,1-3H3/t10?,11-,12+,13+/m0/s1. The normalized spacial score (nSPS) is 36.2. The summed E-state index contributed by atoms with van der Waals surface area (Å²) < 4.78 is 5.65. The molecule has 4 heteroatoms. The van der Waals surface area contributed by atoms with E-state index in [2.05, 4.69) is 13.8 Å². The van der Waals surface area contributed by atoms with Crippen molar-refractivity contribution in [1.82, 2.24) is 0 Å². The molecule has 0 aliphatic heterocycles. The average molecular weight is 246 g/mol. The fourth-order valence-electron chi connectivity index (χ4n) is 2.62. The summed E-state index contributed by atoms with van der Waals surface area (Å²) in [4.78, 5) is 0. The van der Waals surface area contributed by atoms with Crippen molar-refractivity contribution < 1.29 is 20.1 Å². The van der Waals surface area contributed by atoms with Crippen LogP contribution >= 0.6 is 0 Å². The van der Waals surface area contributed by atoms with Gasteiger partial charge in [-0.25, -0.2) is 0 Å². The summed E-state index contributed by atoms with van der Waals surface area (Å²) in [5, 5.41) is 28.1. The van der Waals surface area contributed by atoms with E-state index in [-0.39, 0.29) is 24.9 Å². The molecule has 1 rings (SSSR count). The van der Waals surface area contributed by atoms with Gasteiger partial charge in [-0.1, -0.05) is 13.8 Å². The Hall–Kier alpha value is -0.160. The second-order valence-corrected chi connectivity index (χ2v) is 5.82. The van der Waals surface area contributed by atoms with Gasteiger partial charge >= 0.3 is 0 Å². The Bertz CT molecular complexity index is 231. The lowest BCUT2D eigenvalue weighted by atomic mass is 9.73. The number of aliphatic hydroxyl groups excluding tert-OH is 3. The fraction of sp³-hybridized carbons (Fsp3) is 1.00. The number of ether oxygens (including phenoxy) is 1. The van der Waals surface area contributed by atoms with Gasteiger partial charge in [0.2, 0.25) is 0 Å². The zero-order valence-corrected chi connectivity index (χ0v) is 11.1. The minimum absolute atomic E-state index is 0.131. The molecule has 0 amide bonds. The second-order valence-electron chi connectivity index (χ2n) is 5.82. The maximum atomic E-state index is 10.1. The van der Waals surface area contributed by atoms with Crippen molar-refractivity contribution in [2.24, 2.45) is 11.8 Å². The van der Waals surface area contributed by atoms with Gasteiger partial charge in [-0.2, -0.15) is 0 Å². The molecule has 0 radical (unpaired) electrons. The van der Waals surface area contributed by atoms with E-state index in [9.17, 15) is 10.2 Å². The third kappa shape index (κ3) is 4.21. The van der Waals surface area contributed by atoms with E-state index in [1.54, 1.807) is 0 Å². The highest BCUT2D eigenvalue weighted by Crippen LogP contribution is 2.38. The van der Waals surface area contributed by atoms with Crippen LogP contribution in [0.15, 0.2) is 0 Å². The Morgan fingerprint density at radius 3 is 2.53 bits per heavy atom. The topological polar surface area (TPSA) is 69.9 Å². The number of aliphatic hydroxyl groups is 3. The number of hydrogen-bond donors (Lipinski definition) is 3. The molecule has 4 atom stereocenters. The molecule has 0 spiro atoms. The molecule has 0 aromatic heterocycles. The molecule has 3 N–H and O–H groups in total. The molecular formula is C13H26O4. The van der Waals surface area contributed by atoms with Crippen LogP contribution in [0.1, 0.15) is 40.0 Å². The lowest BCUT2D eigenvalue weighted by Crippen LogP contribution is -2.44. The molecule has 1 aliphatic carbocycles. The summed E-state index contributed by atoms with van der Waals surface area (Å²) in [6, 6.07) is 0. The minimum atomic E-state index is -0.827. The van der Waals surface area contributed by atoms with Gasteiger partial charge in [-0.05, 0) is 31.6 Å². The number of rotatable bonds is 5. The highest BCUT2D eigenvalue weighted by Gasteiger charge is 2.38. The average Bonchev–Trinajstić information content (AvgIpc) is 2.25. The van der Waals surface area contributed by atoms with Gasteiger partial charge in [-0.15, -0.1) is 0 Å². The lowest BCUT2D eigenvalue weighted by molar-refractivity contribution is -0.131. The Kier molecular flexibility index (Phi) is 5.38. The lowest BCUT2D eigenvalue weighted by Gasteiger charge is -2.42. The molecule has 0 heterocycles. The van der Waals surface area contributed by atoms with Crippen molar-refractivity contribution in [2.45, 2.75) is 57.8 Å². The zero-order valence-electron chi connectivity index (χ0n) is 11.1. The highest BCUT2D eigenvalue weighted by molar-refractivity contribution is 4.90. The van der Waals surface area contributed by atoms with Crippen molar-refractivity contribution in [1.29, 1.82) is 0 Å². The van der Waals surface area contributed by atoms with Gasteiger partial charge in [0.1, 0.15) is 6.10 Å². The van der Waals surface area contributed by atoms with Crippen LogP contribution in [0.5, 0.6) is 0 Å². The molecule has 0 saturated heterocycles. The van der Waals surface area contributed by atoms with E-state index in [4.69, 9.17) is 9.84 Å². The molecule has 17 heavy (non-hydrogen) atoms. The van der Waals surface area contributed by atoms with Crippen molar-refractivity contribution >= 4 is 0 Å². The monoisotopic (exact) mass is 246 g/mol. The van der Waals surface area contributed by atoms with E-state index in [0.29, 0.717) is 18.3 Å². The summed E-state index contributed by atoms with van der Waals surface area (Å²) in [7, 11) is 0. The van der Waals surface area contributed by atoms with Crippen LogP contribution in [0.3, 0.4) is 0 Å². The molecule has 0 aromatic rings. The molecule has 1 aliphatic rings. The Morgan fingerprint density at radius 2 is 2.06 bits per heavy atom. The molecule has 1 unspecified atom stereocenters. The zero-order chi connectivity index (χ0) is 13.1. The Labute approximate surface area is 104 Å². The van der Waals surface area contributed by atoms with Crippen molar-refractivity contribution in [2.75, 3.05) is 13.2 Å². The Morgan fingerprint density at radius 1 is 1.41 bits per heavy atom. The van der Waals surface area contributed by atoms with Crippen LogP contribution in [-0.2, 0) is 4.74 Å². The van der Waals surface area contributed by atoms with Crippen LogP contribution in [0.2, 0.25) is 0 Å². The van der Waals surface area contributed by atoms with Gasteiger partial charge in [0.15, 0.2) is 0 Å². The van der Waals surface area contributed by atoms with Crippen molar-refractivity contribution in [3.8, 4) is 0 Å². The summed E-state index contributed by atoms with van der Waals surface area (Å²) in [6.45, 7) is 6.08. The molecule has 102 valence electrons. The van der Waals surface area contributed by atoms with Gasteiger partial charge in [0, 0.05) is 6.42 Å². The van der Waals surface area contributed by atoms with Gasteiger partial charge in [0.05, 0.1) is 24.9 Å². The van der Waals surface area contributed by atoms with Crippen LogP contribution < -0.4 is 0 Å². The number of hydrogen-bond acceptors (Lipinski definition) is 4. The van der Waals surface area contributed by atoms with E-state index < -0.39 is 6.10 Å². The molecule has 0 aromatic carbocycles. The maximum absolute atomic E-state index is 10.1. The highest BCUT2D eigenvalue weighted by atomic mass is 16.5. The Balaban J connectivity index is 2.46. The summed E-state index contributed by atoms with van der Waals surface area (Å²) in [5.74, 6) is 0.826. The minimum Gasteiger partial charge on any atom is -0.394 e. The predicted octanol–water partition coefficient (Wildman–Crippen LogP) is 0.932. The summed E-state index contributed by atoms with van der Waals surface area (Å²) >= 11 is 0. The van der Waals surface area contributed by atoms with Crippen molar-refractivity contribution in [3.05, 3.63) is 0 Å². The second kappa shape index (κ2) is 6.14. The molecule has 1 fully saturated rings. The third-order valence-electron chi connectivity index (χ3n) is 3.83. The fourth-order valence-corrected chi connectivity index (χ4v) is 2.62.